The maximum Gasteiger partial charge on any atom is 0.166 e. The molecule has 0 aromatic heterocycles. The van der Waals surface area contributed by atoms with Crippen LogP contribution in [0.3, 0.4) is 0 Å². The van der Waals surface area contributed by atoms with E-state index in [1.165, 1.54) is 0 Å². The first-order chi connectivity index (χ1) is 5.77. The van der Waals surface area contributed by atoms with Crippen molar-refractivity contribution in [1.82, 2.24) is 0 Å². The van der Waals surface area contributed by atoms with E-state index in [-0.39, 0.29) is 5.78 Å². The Morgan fingerprint density at radius 1 is 1.33 bits per heavy atom. The summed E-state index contributed by atoms with van der Waals surface area (Å²) < 4.78 is 4.96. The molecule has 1 aromatic carbocycles. The van der Waals surface area contributed by atoms with Crippen molar-refractivity contribution in [3.8, 4) is 5.75 Å². The molecule has 1 aromatic rings. The molecule has 0 unspecified atom stereocenters. The lowest BCUT2D eigenvalue weighted by Crippen LogP contribution is -1.96. The highest BCUT2D eigenvalue weighted by Gasteiger charge is 2.01. The van der Waals surface area contributed by atoms with Crippen LogP contribution in [-0.2, 0) is 0 Å². The van der Waals surface area contributed by atoms with Crippen molar-refractivity contribution < 1.29 is 9.53 Å². The minimum Gasteiger partial charge on any atom is -0.497 e. The minimum absolute atomic E-state index is 0.0395. The molecule has 2 heteroatoms. The summed E-state index contributed by atoms with van der Waals surface area (Å²) in [5.41, 5.74) is 0.693. The molecule has 0 aliphatic carbocycles. The van der Waals surface area contributed by atoms with Gasteiger partial charge in [-0.1, -0.05) is 6.92 Å². The second-order valence-electron chi connectivity index (χ2n) is 2.38. The van der Waals surface area contributed by atoms with E-state index in [4.69, 9.17) is 4.74 Å². The average molecular weight is 163 g/mol. The van der Waals surface area contributed by atoms with E-state index in [1.807, 2.05) is 0 Å². The van der Waals surface area contributed by atoms with Crippen molar-refractivity contribution in [2.45, 2.75) is 6.92 Å². The van der Waals surface area contributed by atoms with Gasteiger partial charge in [-0.2, -0.15) is 0 Å². The number of ether oxygens (including phenoxy) is 1. The van der Waals surface area contributed by atoms with Crippen LogP contribution in [0.15, 0.2) is 24.3 Å². The summed E-state index contributed by atoms with van der Waals surface area (Å²) >= 11 is 0. The first kappa shape index (κ1) is 8.78. The molecule has 0 bridgehead atoms. The van der Waals surface area contributed by atoms with Crippen molar-refractivity contribution in [2.75, 3.05) is 7.11 Å². The third-order valence-electron chi connectivity index (χ3n) is 1.64. The fourth-order valence-electron chi connectivity index (χ4n) is 0.922. The van der Waals surface area contributed by atoms with Crippen LogP contribution in [0.25, 0.3) is 0 Å². The molecule has 2 nitrogen and oxygen atoms in total. The zero-order valence-electron chi connectivity index (χ0n) is 7.20. The molecule has 63 valence electrons. The van der Waals surface area contributed by atoms with Crippen molar-refractivity contribution in [3.05, 3.63) is 36.2 Å². The van der Waals surface area contributed by atoms with Gasteiger partial charge in [0.25, 0.3) is 0 Å². The van der Waals surface area contributed by atoms with E-state index >= 15 is 0 Å². The van der Waals surface area contributed by atoms with E-state index in [0.29, 0.717) is 5.56 Å². The molecule has 12 heavy (non-hydrogen) atoms. The Bertz CT molecular complexity index is 262. The molecule has 0 amide bonds. The van der Waals surface area contributed by atoms with E-state index in [1.54, 1.807) is 44.7 Å². The van der Waals surface area contributed by atoms with E-state index in [9.17, 15) is 4.79 Å². The maximum absolute atomic E-state index is 11.1. The van der Waals surface area contributed by atoms with Crippen molar-refractivity contribution in [1.29, 1.82) is 0 Å². The second-order valence-corrected chi connectivity index (χ2v) is 2.38. The van der Waals surface area contributed by atoms with E-state index in [2.05, 4.69) is 0 Å². The predicted octanol–water partition coefficient (Wildman–Crippen LogP) is 2.10. The summed E-state index contributed by atoms with van der Waals surface area (Å²) in [6.45, 7) is 1.73. The molecule has 0 atom stereocenters. The molecule has 1 rings (SSSR count). The highest BCUT2D eigenvalue weighted by Crippen LogP contribution is 2.11. The van der Waals surface area contributed by atoms with Crippen molar-refractivity contribution in [2.24, 2.45) is 0 Å². The average Bonchev–Trinajstić information content (AvgIpc) is 2.17. The van der Waals surface area contributed by atoms with Crippen molar-refractivity contribution in [3.63, 3.8) is 0 Å². The molecule has 0 spiro atoms. The van der Waals surface area contributed by atoms with Crippen LogP contribution >= 0.6 is 0 Å². The Kier molecular flexibility index (Phi) is 2.86. The van der Waals surface area contributed by atoms with E-state index < -0.39 is 0 Å². The summed E-state index contributed by atoms with van der Waals surface area (Å²) in [5.74, 6) is 0.806. The molecular formula is C10H11O2. The molecular weight excluding hydrogens is 152 g/mol. The third kappa shape index (κ3) is 1.84. The van der Waals surface area contributed by atoms with Crippen LogP contribution < -0.4 is 4.74 Å². The Morgan fingerprint density at radius 2 is 1.92 bits per heavy atom. The zero-order valence-corrected chi connectivity index (χ0v) is 7.20. The lowest BCUT2D eigenvalue weighted by molar-refractivity contribution is 0.103. The zero-order chi connectivity index (χ0) is 8.97. The molecule has 0 heterocycles. The molecule has 1 radical (unpaired) electrons. The number of Topliss-reactive ketones (excluding diaryl/α,β-unsaturated/α-hetero) is 1. The van der Waals surface area contributed by atoms with Crippen LogP contribution in [0.1, 0.15) is 17.3 Å². The van der Waals surface area contributed by atoms with Crippen LogP contribution in [0.4, 0.5) is 0 Å². The topological polar surface area (TPSA) is 26.3 Å². The van der Waals surface area contributed by atoms with Crippen LogP contribution in [0.5, 0.6) is 5.75 Å². The number of carbonyl (C=O) groups is 1. The Labute approximate surface area is 72.2 Å². The van der Waals surface area contributed by atoms with Gasteiger partial charge in [0, 0.05) is 12.0 Å². The quantitative estimate of drug-likeness (QED) is 0.638. The Balaban J connectivity index is 2.84. The molecule has 0 aliphatic heterocycles. The largest absolute Gasteiger partial charge is 0.497 e. The van der Waals surface area contributed by atoms with Gasteiger partial charge in [-0.15, -0.1) is 0 Å². The SMILES string of the molecule is C[CH]C(=O)c1ccc(OC)cc1. The van der Waals surface area contributed by atoms with Gasteiger partial charge in [0.15, 0.2) is 5.78 Å². The van der Waals surface area contributed by atoms with Gasteiger partial charge in [0.1, 0.15) is 5.75 Å². The van der Waals surface area contributed by atoms with Crippen molar-refractivity contribution >= 4 is 5.78 Å². The summed E-state index contributed by atoms with van der Waals surface area (Å²) in [4.78, 5) is 11.1. The molecule has 0 saturated heterocycles. The first-order valence-electron chi connectivity index (χ1n) is 3.75. The van der Waals surface area contributed by atoms with Gasteiger partial charge >= 0.3 is 0 Å². The van der Waals surface area contributed by atoms with Crippen LogP contribution in [0.2, 0.25) is 0 Å². The molecule has 0 aliphatic rings. The third-order valence-corrected chi connectivity index (χ3v) is 1.64. The number of rotatable bonds is 3. The summed E-state index contributed by atoms with van der Waals surface area (Å²) in [6.07, 6.45) is 1.54. The standard InChI is InChI=1S/C10H11O2/c1-3-10(11)8-4-6-9(12-2)7-5-8/h3-7H,1-2H3. The second kappa shape index (κ2) is 3.90. The Hall–Kier alpha value is -1.31. The van der Waals surface area contributed by atoms with Gasteiger partial charge in [-0.05, 0) is 24.3 Å². The lowest BCUT2D eigenvalue weighted by Gasteiger charge is -2.00. The first-order valence-corrected chi connectivity index (χ1v) is 3.75. The van der Waals surface area contributed by atoms with Gasteiger partial charge < -0.3 is 4.74 Å². The molecule has 0 N–H and O–H groups in total. The van der Waals surface area contributed by atoms with Gasteiger partial charge in [0.05, 0.1) is 7.11 Å². The number of benzene rings is 1. The van der Waals surface area contributed by atoms with Crippen LogP contribution in [-0.4, -0.2) is 12.9 Å². The van der Waals surface area contributed by atoms with Crippen LogP contribution in [0, 0.1) is 6.42 Å². The summed E-state index contributed by atoms with van der Waals surface area (Å²) in [6, 6.07) is 7.05. The van der Waals surface area contributed by atoms with E-state index in [0.717, 1.165) is 5.75 Å². The monoisotopic (exact) mass is 163 g/mol. The fourth-order valence-corrected chi connectivity index (χ4v) is 0.922. The van der Waals surface area contributed by atoms with Gasteiger partial charge in [-0.25, -0.2) is 0 Å². The molecule has 0 fully saturated rings. The number of carbonyl (C=O) groups excluding carboxylic acids is 1. The number of hydrogen-bond donors (Lipinski definition) is 0. The van der Waals surface area contributed by atoms with Gasteiger partial charge in [-0.3, -0.25) is 4.79 Å². The Morgan fingerprint density at radius 3 is 2.33 bits per heavy atom. The predicted molar refractivity (Wildman–Crippen MR) is 47.3 cm³/mol. The lowest BCUT2D eigenvalue weighted by atomic mass is 10.1. The summed E-state index contributed by atoms with van der Waals surface area (Å²) in [7, 11) is 1.60. The minimum atomic E-state index is 0.0395. The normalized spacial score (nSPS) is 9.50. The maximum atomic E-state index is 11.1. The fraction of sp³-hybridized carbons (Fsp3) is 0.200. The highest BCUT2D eigenvalue weighted by atomic mass is 16.5. The number of methoxy groups -OCH3 is 1. The number of hydrogen-bond acceptors (Lipinski definition) is 2. The summed E-state index contributed by atoms with van der Waals surface area (Å²) in [5, 5.41) is 0. The highest BCUT2D eigenvalue weighted by molar-refractivity contribution is 6.02. The number of ketones is 1. The smallest absolute Gasteiger partial charge is 0.166 e. The molecule has 0 saturated carbocycles. The van der Waals surface area contributed by atoms with Gasteiger partial charge in [0.2, 0.25) is 0 Å².